The summed E-state index contributed by atoms with van der Waals surface area (Å²) < 4.78 is 0. The van der Waals surface area contributed by atoms with Gasteiger partial charge in [0.15, 0.2) is 0 Å². The highest BCUT2D eigenvalue weighted by atomic mass is 16.4. The van der Waals surface area contributed by atoms with Crippen LogP contribution in [0.4, 0.5) is 0 Å². The molecule has 0 aromatic heterocycles. The number of unbranched alkanes of at least 4 members (excludes halogenated alkanes) is 1. The molecule has 0 amide bonds. The van der Waals surface area contributed by atoms with Gasteiger partial charge >= 0.3 is 5.97 Å². The van der Waals surface area contributed by atoms with Crippen molar-refractivity contribution in [1.82, 2.24) is 0 Å². The lowest BCUT2D eigenvalue weighted by molar-refractivity contribution is -0.131. The summed E-state index contributed by atoms with van der Waals surface area (Å²) >= 11 is 0. The molecule has 0 aliphatic carbocycles. The second-order valence-electron chi connectivity index (χ2n) is 3.66. The minimum absolute atomic E-state index is 0.221. The molecule has 0 saturated carbocycles. The van der Waals surface area contributed by atoms with E-state index in [1.807, 2.05) is 0 Å². The fraction of sp³-hybridized carbons (Fsp3) is 0.308. The second-order valence-corrected chi connectivity index (χ2v) is 3.66. The number of benzene rings is 1. The van der Waals surface area contributed by atoms with Crippen molar-refractivity contribution in [3.63, 3.8) is 0 Å². The van der Waals surface area contributed by atoms with Crippen LogP contribution in [-0.2, 0) is 11.2 Å². The topological polar surface area (TPSA) is 57.5 Å². The van der Waals surface area contributed by atoms with Gasteiger partial charge in [-0.2, -0.15) is 0 Å². The maximum absolute atomic E-state index is 10.4. The molecule has 86 valence electrons. The van der Waals surface area contributed by atoms with Crippen LogP contribution in [0, 0.1) is 0 Å². The third-order valence-corrected chi connectivity index (χ3v) is 2.33. The Hall–Kier alpha value is -1.77. The van der Waals surface area contributed by atoms with Crippen LogP contribution < -0.4 is 0 Å². The van der Waals surface area contributed by atoms with E-state index >= 15 is 0 Å². The summed E-state index contributed by atoms with van der Waals surface area (Å²) in [5.41, 5.74) is 1.84. The number of phenols is 1. The van der Waals surface area contributed by atoms with Crippen molar-refractivity contribution in [2.75, 3.05) is 0 Å². The Balaban J connectivity index is 2.92. The number of hydrogen-bond acceptors (Lipinski definition) is 2. The van der Waals surface area contributed by atoms with Gasteiger partial charge in [0.05, 0.1) is 0 Å². The van der Waals surface area contributed by atoms with E-state index < -0.39 is 5.97 Å². The molecular formula is C13H16O3. The monoisotopic (exact) mass is 220 g/mol. The molecule has 0 saturated heterocycles. The summed E-state index contributed by atoms with van der Waals surface area (Å²) in [6.07, 6.45) is 5.62. The molecular weight excluding hydrogens is 204 g/mol. The highest BCUT2D eigenvalue weighted by molar-refractivity contribution is 5.85. The Bertz CT molecular complexity index is 394. The molecule has 0 unspecified atom stereocenters. The van der Waals surface area contributed by atoms with Crippen LogP contribution in [0.15, 0.2) is 24.3 Å². The van der Waals surface area contributed by atoms with Crippen LogP contribution >= 0.6 is 0 Å². The van der Waals surface area contributed by atoms with Crippen molar-refractivity contribution in [3.8, 4) is 5.75 Å². The molecule has 16 heavy (non-hydrogen) atoms. The molecule has 0 aliphatic rings. The lowest BCUT2D eigenvalue weighted by Gasteiger charge is -2.05. The number of carboxylic acids is 1. The molecule has 3 heteroatoms. The number of carboxylic acid groups (broad SMARTS) is 1. The van der Waals surface area contributed by atoms with Crippen molar-refractivity contribution in [2.24, 2.45) is 0 Å². The Morgan fingerprint density at radius 2 is 2.19 bits per heavy atom. The highest BCUT2D eigenvalue weighted by Crippen LogP contribution is 2.19. The van der Waals surface area contributed by atoms with Gasteiger partial charge in [0.2, 0.25) is 0 Å². The number of phenolic OH excluding ortho intramolecular Hbond substituents is 1. The summed E-state index contributed by atoms with van der Waals surface area (Å²) in [7, 11) is 0. The summed E-state index contributed by atoms with van der Waals surface area (Å²) in [5.74, 6) is -0.743. The van der Waals surface area contributed by atoms with Crippen molar-refractivity contribution in [2.45, 2.75) is 26.2 Å². The minimum atomic E-state index is -0.963. The van der Waals surface area contributed by atoms with Gasteiger partial charge in [-0.1, -0.05) is 19.4 Å². The Labute approximate surface area is 95.0 Å². The van der Waals surface area contributed by atoms with E-state index in [0.29, 0.717) is 0 Å². The Morgan fingerprint density at radius 3 is 2.81 bits per heavy atom. The normalized spacial score (nSPS) is 10.8. The smallest absolute Gasteiger partial charge is 0.328 e. The third kappa shape index (κ3) is 3.77. The average molecular weight is 220 g/mol. The van der Waals surface area contributed by atoms with Gasteiger partial charge in [-0.05, 0) is 42.2 Å². The van der Waals surface area contributed by atoms with E-state index in [2.05, 4.69) is 6.92 Å². The molecule has 0 radical (unpaired) electrons. The summed E-state index contributed by atoms with van der Waals surface area (Å²) in [4.78, 5) is 10.4. The fourth-order valence-corrected chi connectivity index (χ4v) is 1.50. The van der Waals surface area contributed by atoms with Gasteiger partial charge in [-0.25, -0.2) is 4.79 Å². The molecule has 3 nitrogen and oxygen atoms in total. The van der Waals surface area contributed by atoms with E-state index in [1.54, 1.807) is 24.3 Å². The maximum Gasteiger partial charge on any atom is 0.328 e. The first-order chi connectivity index (χ1) is 7.63. The third-order valence-electron chi connectivity index (χ3n) is 2.33. The predicted octanol–water partition coefficient (Wildman–Crippen LogP) is 2.83. The fourth-order valence-electron chi connectivity index (χ4n) is 1.50. The van der Waals surface area contributed by atoms with Crippen LogP contribution in [0.1, 0.15) is 30.9 Å². The molecule has 0 bridgehead atoms. The second kappa shape index (κ2) is 5.95. The number of rotatable bonds is 5. The number of hydrogen-bond donors (Lipinski definition) is 2. The van der Waals surface area contributed by atoms with E-state index in [-0.39, 0.29) is 5.75 Å². The molecule has 1 aromatic rings. The van der Waals surface area contributed by atoms with Crippen LogP contribution in [0.25, 0.3) is 6.08 Å². The maximum atomic E-state index is 10.4. The quantitative estimate of drug-likeness (QED) is 0.750. The predicted molar refractivity (Wildman–Crippen MR) is 63.4 cm³/mol. The summed E-state index contributed by atoms with van der Waals surface area (Å²) in [5, 5.41) is 17.9. The van der Waals surface area contributed by atoms with Crippen LogP contribution in [0.3, 0.4) is 0 Å². The summed E-state index contributed by atoms with van der Waals surface area (Å²) in [6, 6.07) is 4.99. The molecule has 0 spiro atoms. The zero-order valence-electron chi connectivity index (χ0n) is 9.31. The zero-order valence-corrected chi connectivity index (χ0v) is 9.31. The van der Waals surface area contributed by atoms with Crippen LogP contribution in [0.2, 0.25) is 0 Å². The van der Waals surface area contributed by atoms with E-state index in [1.165, 1.54) is 0 Å². The zero-order chi connectivity index (χ0) is 12.0. The minimum Gasteiger partial charge on any atom is -0.508 e. The number of aromatic hydroxyl groups is 1. The standard InChI is InChI=1S/C13H16O3/c1-2-3-4-11-9-12(14)7-5-10(11)6-8-13(15)16/h5-9,14H,2-4H2,1H3,(H,15,16). The highest BCUT2D eigenvalue weighted by Gasteiger charge is 2.01. The number of aryl methyl sites for hydroxylation is 1. The first kappa shape index (κ1) is 12.3. The van der Waals surface area contributed by atoms with Gasteiger partial charge in [0.1, 0.15) is 5.75 Å². The number of aliphatic carboxylic acids is 1. The molecule has 2 N–H and O–H groups in total. The summed E-state index contributed by atoms with van der Waals surface area (Å²) in [6.45, 7) is 2.09. The van der Waals surface area contributed by atoms with Gasteiger partial charge in [0.25, 0.3) is 0 Å². The van der Waals surface area contributed by atoms with E-state index in [4.69, 9.17) is 5.11 Å². The first-order valence-electron chi connectivity index (χ1n) is 5.36. The van der Waals surface area contributed by atoms with Gasteiger partial charge in [-0.3, -0.25) is 0 Å². The van der Waals surface area contributed by atoms with Crippen molar-refractivity contribution >= 4 is 12.0 Å². The Kier molecular flexibility index (Phi) is 4.58. The average Bonchev–Trinajstić information content (AvgIpc) is 2.24. The van der Waals surface area contributed by atoms with E-state index in [0.717, 1.165) is 36.5 Å². The lowest BCUT2D eigenvalue weighted by atomic mass is 10.0. The largest absolute Gasteiger partial charge is 0.508 e. The lowest BCUT2D eigenvalue weighted by Crippen LogP contribution is -1.91. The van der Waals surface area contributed by atoms with Gasteiger partial charge < -0.3 is 10.2 Å². The molecule has 1 rings (SSSR count). The number of carbonyl (C=O) groups is 1. The molecule has 0 fully saturated rings. The molecule has 1 aromatic carbocycles. The Morgan fingerprint density at radius 1 is 1.44 bits per heavy atom. The SMILES string of the molecule is CCCCc1cc(O)ccc1C=CC(=O)O. The van der Waals surface area contributed by atoms with Gasteiger partial charge in [-0.15, -0.1) is 0 Å². The van der Waals surface area contributed by atoms with Crippen molar-refractivity contribution in [1.29, 1.82) is 0 Å². The van der Waals surface area contributed by atoms with Crippen LogP contribution in [-0.4, -0.2) is 16.2 Å². The molecule has 0 atom stereocenters. The first-order valence-corrected chi connectivity index (χ1v) is 5.36. The molecule has 0 heterocycles. The van der Waals surface area contributed by atoms with Crippen molar-refractivity contribution < 1.29 is 15.0 Å². The molecule has 0 aliphatic heterocycles. The van der Waals surface area contributed by atoms with Gasteiger partial charge in [0, 0.05) is 6.08 Å². The van der Waals surface area contributed by atoms with Crippen molar-refractivity contribution in [3.05, 3.63) is 35.4 Å². The van der Waals surface area contributed by atoms with Crippen LogP contribution in [0.5, 0.6) is 5.75 Å². The van der Waals surface area contributed by atoms with E-state index in [9.17, 15) is 9.90 Å².